The van der Waals surface area contributed by atoms with Crippen LogP contribution >= 0.6 is 11.6 Å². The van der Waals surface area contributed by atoms with Crippen molar-refractivity contribution in [3.63, 3.8) is 0 Å². The number of carbonyl (C=O) groups excluding carboxylic acids is 1. The molecule has 1 aromatic carbocycles. The van der Waals surface area contributed by atoms with Crippen LogP contribution < -0.4 is 10.5 Å². The van der Waals surface area contributed by atoms with Gasteiger partial charge in [-0.05, 0) is 30.7 Å². The highest BCUT2D eigenvalue weighted by Gasteiger charge is 2.13. The summed E-state index contributed by atoms with van der Waals surface area (Å²) in [6.45, 7) is 3.59. The Hall–Kier alpha value is -1.46. The molecule has 0 aliphatic carbocycles. The number of nitrogens with two attached hydrogens (primary N) is 1. The van der Waals surface area contributed by atoms with Crippen LogP contribution in [0.25, 0.3) is 0 Å². The van der Waals surface area contributed by atoms with Crippen molar-refractivity contribution < 1.29 is 14.6 Å². The van der Waals surface area contributed by atoms with Gasteiger partial charge in [0.2, 0.25) is 5.91 Å². The number of amides is 1. The van der Waals surface area contributed by atoms with Gasteiger partial charge in [-0.2, -0.15) is 0 Å². The highest BCUT2D eigenvalue weighted by molar-refractivity contribution is 6.32. The number of benzene rings is 1. The molecule has 0 aliphatic heterocycles. The molecular weight excluding hydrogens is 280 g/mol. The minimum Gasteiger partial charge on any atom is -0.503 e. The minimum absolute atomic E-state index is 0.0760. The van der Waals surface area contributed by atoms with Crippen LogP contribution in [0.3, 0.4) is 0 Å². The van der Waals surface area contributed by atoms with Crippen molar-refractivity contribution >= 4 is 17.5 Å². The Morgan fingerprint density at radius 2 is 2.20 bits per heavy atom. The van der Waals surface area contributed by atoms with E-state index in [9.17, 15) is 9.90 Å². The molecule has 0 heterocycles. The number of hydrogen-bond donors (Lipinski definition) is 2. The largest absolute Gasteiger partial charge is 0.503 e. The molecule has 0 aromatic heterocycles. The number of hydrogen-bond acceptors (Lipinski definition) is 4. The molecule has 0 radical (unpaired) electrons. The van der Waals surface area contributed by atoms with Crippen molar-refractivity contribution in [2.24, 2.45) is 5.73 Å². The van der Waals surface area contributed by atoms with Crippen LogP contribution in [0.1, 0.15) is 25.3 Å². The van der Waals surface area contributed by atoms with E-state index >= 15 is 0 Å². The molecule has 1 amide bonds. The Morgan fingerprint density at radius 1 is 1.50 bits per heavy atom. The summed E-state index contributed by atoms with van der Waals surface area (Å²) < 4.78 is 5.07. The van der Waals surface area contributed by atoms with Gasteiger partial charge in [0, 0.05) is 6.54 Å². The quantitative estimate of drug-likeness (QED) is 0.771. The van der Waals surface area contributed by atoms with E-state index in [-0.39, 0.29) is 23.2 Å². The fourth-order valence-corrected chi connectivity index (χ4v) is 2.18. The van der Waals surface area contributed by atoms with E-state index in [2.05, 4.69) is 6.92 Å². The van der Waals surface area contributed by atoms with Crippen LogP contribution in [0.4, 0.5) is 0 Å². The molecule has 112 valence electrons. The lowest BCUT2D eigenvalue weighted by Gasteiger charge is -2.21. The van der Waals surface area contributed by atoms with Gasteiger partial charge in [-0.15, -0.1) is 0 Å². The number of rotatable bonds is 8. The Bertz CT molecular complexity index is 466. The van der Waals surface area contributed by atoms with Crippen LogP contribution in [0.5, 0.6) is 11.5 Å². The van der Waals surface area contributed by atoms with Gasteiger partial charge in [-0.25, -0.2) is 0 Å². The number of unbranched alkanes of at least 4 members (excludes halogenated alkanes) is 1. The fraction of sp³-hybridized carbons (Fsp3) is 0.500. The molecule has 0 bridgehead atoms. The molecule has 0 saturated carbocycles. The summed E-state index contributed by atoms with van der Waals surface area (Å²) >= 11 is 5.95. The number of nitrogens with zero attached hydrogens (tertiary/aromatic N) is 1. The summed E-state index contributed by atoms with van der Waals surface area (Å²) in [5.41, 5.74) is 6.12. The maximum Gasteiger partial charge on any atom is 0.231 e. The van der Waals surface area contributed by atoms with Gasteiger partial charge >= 0.3 is 0 Å². The molecule has 6 heteroatoms. The van der Waals surface area contributed by atoms with Crippen LogP contribution in [0.15, 0.2) is 12.1 Å². The van der Waals surface area contributed by atoms with Crippen LogP contribution in [-0.2, 0) is 11.3 Å². The van der Waals surface area contributed by atoms with E-state index in [4.69, 9.17) is 22.1 Å². The monoisotopic (exact) mass is 300 g/mol. The second kappa shape index (κ2) is 7.97. The smallest absolute Gasteiger partial charge is 0.231 e. The van der Waals surface area contributed by atoms with Crippen molar-refractivity contribution in [2.75, 3.05) is 20.2 Å². The predicted molar refractivity (Wildman–Crippen MR) is 79.0 cm³/mol. The molecule has 0 saturated heterocycles. The van der Waals surface area contributed by atoms with Crippen molar-refractivity contribution in [3.05, 3.63) is 22.7 Å². The first kappa shape index (κ1) is 16.6. The standard InChI is InChI=1S/C14H21ClN2O3/c1-3-4-5-17(9-13(16)18)8-10-6-11(15)14(19)12(7-10)20-2/h6-7,19H,3-5,8-9H2,1-2H3,(H2,16,18). The van der Waals surface area contributed by atoms with Crippen molar-refractivity contribution in [1.82, 2.24) is 4.90 Å². The number of phenols is 1. The third-order valence-corrected chi connectivity index (χ3v) is 3.21. The first-order chi connectivity index (χ1) is 9.47. The first-order valence-corrected chi connectivity index (χ1v) is 6.91. The summed E-state index contributed by atoms with van der Waals surface area (Å²) in [5.74, 6) is -0.118. The van der Waals surface area contributed by atoms with Gasteiger partial charge in [-0.3, -0.25) is 9.69 Å². The minimum atomic E-state index is -0.363. The molecule has 0 spiro atoms. The molecule has 0 unspecified atom stereocenters. The molecule has 20 heavy (non-hydrogen) atoms. The van der Waals surface area contributed by atoms with Gasteiger partial charge in [0.1, 0.15) is 0 Å². The number of halogens is 1. The maximum atomic E-state index is 11.1. The van der Waals surface area contributed by atoms with Gasteiger partial charge < -0.3 is 15.6 Å². The lowest BCUT2D eigenvalue weighted by atomic mass is 10.1. The highest BCUT2D eigenvalue weighted by Crippen LogP contribution is 2.35. The summed E-state index contributed by atoms with van der Waals surface area (Å²) in [6, 6.07) is 3.38. The second-order valence-electron chi connectivity index (χ2n) is 4.66. The number of ether oxygens (including phenoxy) is 1. The van der Waals surface area contributed by atoms with Crippen molar-refractivity contribution in [3.8, 4) is 11.5 Å². The number of phenolic OH excluding ortho intramolecular Hbond substituents is 1. The molecule has 1 rings (SSSR count). The van der Waals surface area contributed by atoms with E-state index in [0.717, 1.165) is 24.9 Å². The summed E-state index contributed by atoms with van der Waals surface area (Å²) in [5, 5.41) is 9.93. The summed E-state index contributed by atoms with van der Waals surface area (Å²) in [7, 11) is 1.47. The van der Waals surface area contributed by atoms with Crippen LogP contribution in [0, 0.1) is 0 Å². The topological polar surface area (TPSA) is 75.8 Å². The molecule has 0 atom stereocenters. The van der Waals surface area contributed by atoms with Gasteiger partial charge in [0.15, 0.2) is 11.5 Å². The number of methoxy groups -OCH3 is 1. The highest BCUT2D eigenvalue weighted by atomic mass is 35.5. The fourth-order valence-electron chi connectivity index (χ4n) is 1.95. The zero-order valence-corrected chi connectivity index (χ0v) is 12.6. The molecule has 0 fully saturated rings. The van der Waals surface area contributed by atoms with E-state index in [0.29, 0.717) is 12.3 Å². The second-order valence-corrected chi connectivity index (χ2v) is 5.07. The van der Waals surface area contributed by atoms with E-state index in [1.54, 1.807) is 12.1 Å². The molecule has 0 aliphatic rings. The zero-order chi connectivity index (χ0) is 15.1. The Labute approximate surface area is 124 Å². The third kappa shape index (κ3) is 4.90. The molecule has 1 aromatic rings. The Morgan fingerprint density at radius 3 is 2.75 bits per heavy atom. The molecule has 5 nitrogen and oxygen atoms in total. The average Bonchev–Trinajstić information content (AvgIpc) is 2.39. The van der Waals surface area contributed by atoms with E-state index in [1.165, 1.54) is 7.11 Å². The van der Waals surface area contributed by atoms with Gasteiger partial charge in [0.05, 0.1) is 18.7 Å². The summed E-state index contributed by atoms with van der Waals surface area (Å²) in [6.07, 6.45) is 2.02. The van der Waals surface area contributed by atoms with Crippen molar-refractivity contribution in [1.29, 1.82) is 0 Å². The van der Waals surface area contributed by atoms with E-state index < -0.39 is 0 Å². The zero-order valence-electron chi connectivity index (χ0n) is 11.9. The third-order valence-electron chi connectivity index (χ3n) is 2.92. The number of carbonyl (C=O) groups is 1. The lowest BCUT2D eigenvalue weighted by molar-refractivity contribution is -0.119. The maximum absolute atomic E-state index is 11.1. The van der Waals surface area contributed by atoms with Crippen LogP contribution in [-0.4, -0.2) is 36.1 Å². The average molecular weight is 301 g/mol. The van der Waals surface area contributed by atoms with Gasteiger partial charge in [-0.1, -0.05) is 24.9 Å². The van der Waals surface area contributed by atoms with E-state index in [1.807, 2.05) is 4.90 Å². The predicted octanol–water partition coefficient (Wildman–Crippen LogP) is 2.14. The molecule has 3 N–H and O–H groups in total. The normalized spacial score (nSPS) is 10.8. The Balaban J connectivity index is 2.86. The Kier molecular flexibility index (Phi) is 6.61. The van der Waals surface area contributed by atoms with Crippen LogP contribution in [0.2, 0.25) is 5.02 Å². The number of primary amides is 1. The number of aromatic hydroxyl groups is 1. The first-order valence-electron chi connectivity index (χ1n) is 6.54. The summed E-state index contributed by atoms with van der Waals surface area (Å²) in [4.78, 5) is 13.0. The lowest BCUT2D eigenvalue weighted by Crippen LogP contribution is -2.34. The van der Waals surface area contributed by atoms with Crippen molar-refractivity contribution in [2.45, 2.75) is 26.3 Å². The van der Waals surface area contributed by atoms with Gasteiger partial charge in [0.25, 0.3) is 0 Å². The SMILES string of the molecule is CCCCN(CC(N)=O)Cc1cc(Cl)c(O)c(OC)c1. The molecular formula is C14H21ClN2O3.